The van der Waals surface area contributed by atoms with Gasteiger partial charge in [0.25, 0.3) is 5.56 Å². The highest BCUT2D eigenvalue weighted by atomic mass is 32.2. The van der Waals surface area contributed by atoms with Crippen molar-refractivity contribution in [3.05, 3.63) is 87.0 Å². The molecule has 6 heteroatoms. The number of ether oxygens (including phenoxy) is 1. The molecule has 0 aliphatic carbocycles. The van der Waals surface area contributed by atoms with E-state index >= 15 is 0 Å². The molecular formula is C26H26N2O2S2. The first-order chi connectivity index (χ1) is 15.6. The second-order valence-electron chi connectivity index (χ2n) is 8.44. The van der Waals surface area contributed by atoms with Crippen molar-refractivity contribution in [1.82, 2.24) is 9.55 Å². The quantitative estimate of drug-likeness (QED) is 0.265. The van der Waals surface area contributed by atoms with Gasteiger partial charge in [0.05, 0.1) is 23.8 Å². The van der Waals surface area contributed by atoms with Crippen molar-refractivity contribution >= 4 is 33.3 Å². The van der Waals surface area contributed by atoms with Gasteiger partial charge in [0, 0.05) is 17.1 Å². The normalized spacial score (nSPS) is 15.9. The van der Waals surface area contributed by atoms with Crippen LogP contribution in [-0.2, 0) is 24.2 Å². The van der Waals surface area contributed by atoms with Gasteiger partial charge in [-0.2, -0.15) is 0 Å². The van der Waals surface area contributed by atoms with Crippen molar-refractivity contribution in [2.75, 3.05) is 5.75 Å². The molecule has 5 rings (SSSR count). The summed E-state index contributed by atoms with van der Waals surface area (Å²) in [5, 5.41) is 1.53. The number of thiophene rings is 1. The van der Waals surface area contributed by atoms with Crippen LogP contribution in [0, 0.1) is 5.92 Å². The zero-order valence-corrected chi connectivity index (χ0v) is 19.9. The van der Waals surface area contributed by atoms with Crippen molar-refractivity contribution < 1.29 is 4.74 Å². The van der Waals surface area contributed by atoms with E-state index in [-0.39, 0.29) is 11.7 Å². The number of hydrogen-bond donors (Lipinski definition) is 0. The lowest BCUT2D eigenvalue weighted by Gasteiger charge is -2.26. The molecule has 164 valence electrons. The molecule has 0 saturated heterocycles. The van der Waals surface area contributed by atoms with Crippen molar-refractivity contribution in [3.63, 3.8) is 0 Å². The Hall–Kier alpha value is -2.41. The Morgan fingerprint density at radius 1 is 1.12 bits per heavy atom. The maximum absolute atomic E-state index is 13.9. The van der Waals surface area contributed by atoms with E-state index < -0.39 is 0 Å². The van der Waals surface area contributed by atoms with E-state index in [1.54, 1.807) is 27.7 Å². The first-order valence-electron chi connectivity index (χ1n) is 11.0. The van der Waals surface area contributed by atoms with E-state index in [0.29, 0.717) is 12.5 Å². The molecule has 0 radical (unpaired) electrons. The van der Waals surface area contributed by atoms with Crippen LogP contribution in [0.1, 0.15) is 29.9 Å². The summed E-state index contributed by atoms with van der Waals surface area (Å²) in [6, 6.07) is 20.3. The number of hydrogen-bond acceptors (Lipinski definition) is 5. The van der Waals surface area contributed by atoms with Crippen molar-refractivity contribution in [1.29, 1.82) is 0 Å². The largest absolute Gasteiger partial charge is 0.372 e. The average Bonchev–Trinajstić information content (AvgIpc) is 3.18. The summed E-state index contributed by atoms with van der Waals surface area (Å²) < 4.78 is 7.86. The third-order valence-corrected chi connectivity index (χ3v) is 7.97. The van der Waals surface area contributed by atoms with Crippen LogP contribution in [0.3, 0.4) is 0 Å². The van der Waals surface area contributed by atoms with Gasteiger partial charge in [-0.15, -0.1) is 11.3 Å². The lowest BCUT2D eigenvalue weighted by molar-refractivity contribution is 0.00200. The molecule has 4 aromatic rings. The van der Waals surface area contributed by atoms with Gasteiger partial charge >= 0.3 is 0 Å². The van der Waals surface area contributed by atoms with Crippen LogP contribution in [0.2, 0.25) is 0 Å². The zero-order valence-electron chi connectivity index (χ0n) is 18.3. The fourth-order valence-electron chi connectivity index (χ4n) is 4.14. The molecular weight excluding hydrogens is 436 g/mol. The van der Waals surface area contributed by atoms with Crippen molar-refractivity contribution in [3.8, 4) is 5.69 Å². The summed E-state index contributed by atoms with van der Waals surface area (Å²) in [5.41, 5.74) is 3.32. The van der Waals surface area contributed by atoms with Gasteiger partial charge in [-0.3, -0.25) is 9.36 Å². The summed E-state index contributed by atoms with van der Waals surface area (Å²) in [5.74, 6) is 1.27. The lowest BCUT2D eigenvalue weighted by atomic mass is 9.96. The minimum Gasteiger partial charge on any atom is -0.372 e. The first kappa shape index (κ1) is 21.4. The second-order valence-corrected chi connectivity index (χ2v) is 10.6. The van der Waals surface area contributed by atoms with Gasteiger partial charge in [-0.05, 0) is 35.6 Å². The third kappa shape index (κ3) is 4.15. The van der Waals surface area contributed by atoms with E-state index in [0.717, 1.165) is 50.1 Å². The van der Waals surface area contributed by atoms with Gasteiger partial charge in [0.1, 0.15) is 4.83 Å². The number of aryl methyl sites for hydroxylation is 1. The van der Waals surface area contributed by atoms with Gasteiger partial charge in [0.15, 0.2) is 5.16 Å². The standard InChI is InChI=1S/C26H26N2O2S2/c1-17(2)21-15-20-22(16-30-21)32-24-23(20)25(29)28(19-11-7-4-8-12-19)26(27-24)31-14-13-18-9-5-3-6-10-18/h3-12,17,21H,13-16H2,1-2H3. The Kier molecular flexibility index (Phi) is 6.17. The predicted molar refractivity (Wildman–Crippen MR) is 133 cm³/mol. The maximum Gasteiger partial charge on any atom is 0.267 e. The SMILES string of the molecule is CC(C)C1Cc2c(sc3nc(SCCc4ccccc4)n(-c4ccccc4)c(=O)c23)CO1. The molecule has 0 spiro atoms. The highest BCUT2D eigenvalue weighted by Gasteiger charge is 2.28. The minimum absolute atomic E-state index is 0.0327. The number of para-hydroxylation sites is 1. The van der Waals surface area contributed by atoms with Crippen LogP contribution in [0.5, 0.6) is 0 Å². The molecule has 0 saturated carbocycles. The van der Waals surface area contributed by atoms with Crippen LogP contribution >= 0.6 is 23.1 Å². The Bertz CT molecular complexity index is 1280. The smallest absolute Gasteiger partial charge is 0.267 e. The highest BCUT2D eigenvalue weighted by Crippen LogP contribution is 2.36. The van der Waals surface area contributed by atoms with Crippen molar-refractivity contribution in [2.24, 2.45) is 5.92 Å². The summed E-state index contributed by atoms with van der Waals surface area (Å²) in [4.78, 5) is 20.9. The van der Waals surface area contributed by atoms with E-state index in [2.05, 4.69) is 38.1 Å². The van der Waals surface area contributed by atoms with Crippen LogP contribution in [-0.4, -0.2) is 21.4 Å². The first-order valence-corrected chi connectivity index (χ1v) is 12.8. The number of rotatable bonds is 6. The maximum atomic E-state index is 13.9. The van der Waals surface area contributed by atoms with Gasteiger partial charge < -0.3 is 4.74 Å². The number of fused-ring (bicyclic) bond motifs is 3. The Labute approximate surface area is 196 Å². The van der Waals surface area contributed by atoms with Crippen LogP contribution in [0.15, 0.2) is 70.6 Å². The monoisotopic (exact) mass is 462 g/mol. The van der Waals surface area contributed by atoms with Crippen LogP contribution in [0.4, 0.5) is 0 Å². The van der Waals surface area contributed by atoms with Crippen LogP contribution < -0.4 is 5.56 Å². The number of benzene rings is 2. The fourth-order valence-corrected chi connectivity index (χ4v) is 6.31. The van der Waals surface area contributed by atoms with Crippen LogP contribution in [0.25, 0.3) is 15.9 Å². The molecule has 2 aromatic carbocycles. The third-order valence-electron chi connectivity index (χ3n) is 5.93. The summed E-state index contributed by atoms with van der Waals surface area (Å²) in [7, 11) is 0. The molecule has 4 nitrogen and oxygen atoms in total. The molecule has 1 unspecified atom stereocenters. The molecule has 0 bridgehead atoms. The topological polar surface area (TPSA) is 44.1 Å². The van der Waals surface area contributed by atoms with E-state index in [1.165, 1.54) is 5.56 Å². The molecule has 1 aliphatic rings. The molecule has 1 aliphatic heterocycles. The Morgan fingerprint density at radius 2 is 1.84 bits per heavy atom. The molecule has 32 heavy (non-hydrogen) atoms. The van der Waals surface area contributed by atoms with Gasteiger partial charge in [0.2, 0.25) is 0 Å². The molecule has 0 amide bonds. The van der Waals surface area contributed by atoms with Gasteiger partial charge in [-0.1, -0.05) is 74.1 Å². The summed E-state index contributed by atoms with van der Waals surface area (Å²) in [6.07, 6.45) is 1.85. The second kappa shape index (κ2) is 9.22. The molecule has 0 N–H and O–H groups in total. The Morgan fingerprint density at radius 3 is 2.56 bits per heavy atom. The highest BCUT2D eigenvalue weighted by molar-refractivity contribution is 7.99. The number of aromatic nitrogens is 2. The van der Waals surface area contributed by atoms with Gasteiger partial charge in [-0.25, -0.2) is 4.98 Å². The number of thioether (sulfide) groups is 1. The van der Waals surface area contributed by atoms with E-state index in [4.69, 9.17) is 9.72 Å². The summed E-state index contributed by atoms with van der Waals surface area (Å²) >= 11 is 3.26. The summed E-state index contributed by atoms with van der Waals surface area (Å²) in [6.45, 7) is 4.92. The average molecular weight is 463 g/mol. The zero-order chi connectivity index (χ0) is 22.1. The number of nitrogens with zero attached hydrogens (tertiary/aromatic N) is 2. The molecule has 0 fully saturated rings. The minimum atomic E-state index is 0.0327. The fraction of sp³-hybridized carbons (Fsp3) is 0.308. The molecule has 1 atom stereocenters. The predicted octanol–water partition coefficient (Wildman–Crippen LogP) is 5.88. The van der Waals surface area contributed by atoms with E-state index in [1.807, 2.05) is 36.4 Å². The Balaban J connectivity index is 1.58. The van der Waals surface area contributed by atoms with Crippen molar-refractivity contribution in [2.45, 2.75) is 44.6 Å². The van der Waals surface area contributed by atoms with E-state index in [9.17, 15) is 4.79 Å². The molecule has 2 aromatic heterocycles. The molecule has 3 heterocycles. The lowest BCUT2D eigenvalue weighted by Crippen LogP contribution is -2.28.